The molecule has 1 aliphatic carbocycles. The van der Waals surface area contributed by atoms with Gasteiger partial charge in [0, 0.05) is 0 Å². The van der Waals surface area contributed by atoms with Gasteiger partial charge in [0.1, 0.15) is 11.4 Å². The molecule has 0 amide bonds. The number of fused-ring (bicyclic) bond motifs is 1. The molecule has 0 saturated heterocycles. The van der Waals surface area contributed by atoms with Crippen molar-refractivity contribution in [1.29, 1.82) is 0 Å². The maximum atomic E-state index is 5.83. The van der Waals surface area contributed by atoms with Crippen LogP contribution in [-0.4, -0.2) is 5.71 Å². The lowest BCUT2D eigenvalue weighted by Gasteiger charge is -2.15. The van der Waals surface area contributed by atoms with Crippen LogP contribution in [0, 0.1) is 5.38 Å². The molecule has 0 saturated carbocycles. The van der Waals surface area contributed by atoms with Crippen LogP contribution in [-0.2, 0) is 0 Å². The Labute approximate surface area is 93.7 Å². The van der Waals surface area contributed by atoms with Gasteiger partial charge in [0.05, 0.1) is 15.1 Å². The Morgan fingerprint density at radius 1 is 0.846 bits per heavy atom. The first-order chi connectivity index (χ1) is 6.13. The number of hydrogen-bond acceptors (Lipinski definition) is 3. The number of nitrogens with zero attached hydrogens (tertiary/aromatic N) is 3. The zero-order chi connectivity index (χ0) is 9.59. The zero-order valence-corrected chi connectivity index (χ0v) is 8.88. The van der Waals surface area contributed by atoms with Crippen LogP contribution in [0.5, 0.6) is 0 Å². The topological polar surface area (TPSA) is 37.1 Å². The molecule has 0 unspecified atom stereocenters. The highest BCUT2D eigenvalue weighted by molar-refractivity contribution is 6.59. The van der Waals surface area contributed by atoms with Crippen molar-refractivity contribution in [2.45, 2.75) is 0 Å². The molecule has 0 aromatic rings. The molecule has 67 valence electrons. The fourth-order valence-corrected chi connectivity index (χ4v) is 1.81. The molecule has 0 fully saturated rings. The molecule has 1 aliphatic heterocycles. The Bertz CT molecular complexity index is 391. The summed E-state index contributed by atoms with van der Waals surface area (Å²) >= 11 is 23.2. The molecule has 3 nitrogen and oxygen atoms in total. The smallest absolute Gasteiger partial charge is 0.130 e. The first-order valence-corrected chi connectivity index (χ1v) is 4.62. The van der Waals surface area contributed by atoms with Crippen LogP contribution in [0.1, 0.15) is 0 Å². The van der Waals surface area contributed by atoms with E-state index < -0.39 is 0 Å². The van der Waals surface area contributed by atoms with E-state index in [9.17, 15) is 0 Å². The standard InChI is InChI=1S/C6Cl4N3/c7-1-2(8)4(10)6-5(3(1)9)11-13-12-6. The van der Waals surface area contributed by atoms with E-state index in [4.69, 9.17) is 46.4 Å². The predicted octanol–water partition coefficient (Wildman–Crippen LogP) is 3.73. The second-order valence-corrected chi connectivity index (χ2v) is 3.75. The fraction of sp³-hybridized carbons (Fsp3) is 0. The lowest BCUT2D eigenvalue weighted by Crippen LogP contribution is -2.13. The third-order valence-corrected chi connectivity index (χ3v) is 3.29. The quantitative estimate of drug-likeness (QED) is 0.633. The molecule has 0 bridgehead atoms. The minimum absolute atomic E-state index is 0.170. The predicted molar refractivity (Wildman–Crippen MR) is 53.0 cm³/mol. The summed E-state index contributed by atoms with van der Waals surface area (Å²) in [6, 6.07) is 0. The summed E-state index contributed by atoms with van der Waals surface area (Å²) < 4.78 is 0. The van der Waals surface area contributed by atoms with Crippen molar-refractivity contribution in [3.05, 3.63) is 26.2 Å². The second-order valence-electron chi connectivity index (χ2n) is 2.24. The Morgan fingerprint density at radius 2 is 1.54 bits per heavy atom. The van der Waals surface area contributed by atoms with E-state index in [0.717, 1.165) is 0 Å². The van der Waals surface area contributed by atoms with Gasteiger partial charge < -0.3 is 0 Å². The Balaban J connectivity index is 2.62. The molecule has 13 heavy (non-hydrogen) atoms. The van der Waals surface area contributed by atoms with Gasteiger partial charge in [-0.25, -0.2) is 0 Å². The van der Waals surface area contributed by atoms with Crippen LogP contribution in [0.2, 0.25) is 0 Å². The molecule has 0 N–H and O–H groups in total. The molecule has 0 aromatic carbocycles. The van der Waals surface area contributed by atoms with E-state index in [2.05, 4.69) is 15.4 Å². The van der Waals surface area contributed by atoms with Gasteiger partial charge in [-0.05, 0) is 5.22 Å². The maximum absolute atomic E-state index is 5.83. The van der Waals surface area contributed by atoms with Crippen molar-refractivity contribution in [3.8, 4) is 0 Å². The van der Waals surface area contributed by atoms with Crippen LogP contribution in [0.15, 0.2) is 36.2 Å². The lowest BCUT2D eigenvalue weighted by atomic mass is 10.1. The van der Waals surface area contributed by atoms with Crippen molar-refractivity contribution in [3.63, 3.8) is 0 Å². The summed E-state index contributed by atoms with van der Waals surface area (Å²) in [5.41, 5.74) is 0.724. The van der Waals surface area contributed by atoms with Gasteiger partial charge in [-0.1, -0.05) is 34.8 Å². The highest BCUT2D eigenvalue weighted by Crippen LogP contribution is 2.43. The number of hydrogen-bond donors (Lipinski definition) is 0. The number of halogens is 4. The molecule has 1 heterocycles. The summed E-state index contributed by atoms with van der Waals surface area (Å²) in [6.07, 6.45) is 0. The zero-order valence-electron chi connectivity index (χ0n) is 5.85. The molecule has 7 heteroatoms. The monoisotopic (exact) mass is 254 g/mol. The summed E-state index contributed by atoms with van der Waals surface area (Å²) in [7, 11) is 0. The first-order valence-electron chi connectivity index (χ1n) is 3.10. The van der Waals surface area contributed by atoms with Gasteiger partial charge in [0.2, 0.25) is 0 Å². The molecular weight excluding hydrogens is 256 g/mol. The Hall–Kier alpha value is -0.0900. The summed E-state index contributed by atoms with van der Waals surface area (Å²) in [6.45, 7) is 0. The molecule has 2 aliphatic rings. The van der Waals surface area contributed by atoms with Gasteiger partial charge in [0.25, 0.3) is 0 Å². The minimum Gasteiger partial charge on any atom is -0.130 e. The van der Waals surface area contributed by atoms with E-state index >= 15 is 0 Å². The van der Waals surface area contributed by atoms with E-state index in [1.54, 1.807) is 0 Å². The molecule has 0 spiro atoms. The molecule has 1 radical (unpaired) electrons. The fourth-order valence-electron chi connectivity index (χ4n) is 0.903. The Morgan fingerprint density at radius 3 is 2.23 bits per heavy atom. The third-order valence-electron chi connectivity index (χ3n) is 1.51. The van der Waals surface area contributed by atoms with E-state index in [1.807, 2.05) is 0 Å². The molecule has 0 atom stereocenters. The largest absolute Gasteiger partial charge is 0.157 e. The van der Waals surface area contributed by atoms with Crippen LogP contribution in [0.25, 0.3) is 0 Å². The van der Waals surface area contributed by atoms with Crippen molar-refractivity contribution < 1.29 is 0 Å². The SMILES string of the molecule is Cl[C]1C2=NN=NC2=C(Cl)C(Cl)=C1Cl. The van der Waals surface area contributed by atoms with Gasteiger partial charge >= 0.3 is 0 Å². The normalized spacial score (nSPS) is 22.6. The Kier molecular flexibility index (Phi) is 2.36. The van der Waals surface area contributed by atoms with Crippen molar-refractivity contribution in [2.24, 2.45) is 15.4 Å². The van der Waals surface area contributed by atoms with E-state index in [1.165, 1.54) is 0 Å². The van der Waals surface area contributed by atoms with Crippen molar-refractivity contribution >= 4 is 52.1 Å². The van der Waals surface area contributed by atoms with Crippen LogP contribution in [0.4, 0.5) is 0 Å². The summed E-state index contributed by atoms with van der Waals surface area (Å²) in [5, 5.41) is 11.5. The van der Waals surface area contributed by atoms with Crippen LogP contribution >= 0.6 is 46.4 Å². The van der Waals surface area contributed by atoms with Crippen molar-refractivity contribution in [2.75, 3.05) is 0 Å². The lowest BCUT2D eigenvalue weighted by molar-refractivity contribution is 1.09. The highest BCUT2D eigenvalue weighted by atomic mass is 35.5. The van der Waals surface area contributed by atoms with Gasteiger partial charge in [0.15, 0.2) is 5.38 Å². The first kappa shape index (κ1) is 9.46. The molecular formula is C6Cl4N3. The van der Waals surface area contributed by atoms with Gasteiger partial charge in [-0.2, -0.15) is 0 Å². The van der Waals surface area contributed by atoms with E-state index in [0.29, 0.717) is 11.4 Å². The van der Waals surface area contributed by atoms with Gasteiger partial charge in [-0.15, -0.1) is 21.8 Å². The average molecular weight is 256 g/mol. The second kappa shape index (κ2) is 3.24. The molecule has 0 aromatic heterocycles. The van der Waals surface area contributed by atoms with Crippen molar-refractivity contribution in [1.82, 2.24) is 0 Å². The van der Waals surface area contributed by atoms with Crippen LogP contribution < -0.4 is 0 Å². The van der Waals surface area contributed by atoms with E-state index in [-0.39, 0.29) is 20.5 Å². The third kappa shape index (κ3) is 1.31. The average Bonchev–Trinajstić information content (AvgIpc) is 2.59. The maximum Gasteiger partial charge on any atom is 0.157 e. The minimum atomic E-state index is 0.170. The highest BCUT2D eigenvalue weighted by Gasteiger charge is 2.35. The van der Waals surface area contributed by atoms with Gasteiger partial charge in [-0.3, -0.25) is 0 Å². The summed E-state index contributed by atoms with van der Waals surface area (Å²) in [4.78, 5) is 0. The number of allylic oxidation sites excluding steroid dienone is 4. The summed E-state index contributed by atoms with van der Waals surface area (Å²) in [5.74, 6) is 0. The molecule has 2 rings (SSSR count). The van der Waals surface area contributed by atoms with Crippen LogP contribution in [0.3, 0.4) is 0 Å². The number of rotatable bonds is 0.